The van der Waals surface area contributed by atoms with Crippen LogP contribution in [0.5, 0.6) is 5.75 Å². The van der Waals surface area contributed by atoms with Gasteiger partial charge in [0.1, 0.15) is 35.1 Å². The normalized spacial score (nSPS) is 24.6. The molecular weight excluding hydrogens is 499 g/mol. The molecule has 1 saturated heterocycles. The highest BCUT2D eigenvalue weighted by atomic mass is 19.1. The predicted molar refractivity (Wildman–Crippen MR) is 143 cm³/mol. The van der Waals surface area contributed by atoms with Gasteiger partial charge in [0.05, 0.1) is 18.7 Å². The van der Waals surface area contributed by atoms with Crippen molar-refractivity contribution in [2.75, 3.05) is 13.7 Å². The molecule has 39 heavy (non-hydrogen) atoms. The number of ketones is 1. The largest absolute Gasteiger partial charge is 0.496 e. The highest BCUT2D eigenvalue weighted by Gasteiger charge is 2.49. The maximum Gasteiger partial charge on any atom is 0.271 e. The fraction of sp³-hybridized carbons (Fsp3) is 0.600. The number of aromatic amines is 1. The predicted octanol–water partition coefficient (Wildman–Crippen LogP) is 4.88. The van der Waals surface area contributed by atoms with Crippen molar-refractivity contribution in [2.24, 2.45) is 16.7 Å². The first-order chi connectivity index (χ1) is 18.5. The molecule has 9 heteroatoms. The lowest BCUT2D eigenvalue weighted by molar-refractivity contribution is -0.126. The number of nitriles is 1. The summed E-state index contributed by atoms with van der Waals surface area (Å²) in [6.07, 6.45) is 7.07. The summed E-state index contributed by atoms with van der Waals surface area (Å²) in [6.45, 7) is 4.52. The van der Waals surface area contributed by atoms with Gasteiger partial charge in [0.15, 0.2) is 0 Å². The van der Waals surface area contributed by atoms with Crippen molar-refractivity contribution in [1.82, 2.24) is 15.2 Å². The van der Waals surface area contributed by atoms with E-state index in [-0.39, 0.29) is 52.0 Å². The summed E-state index contributed by atoms with van der Waals surface area (Å²) in [6, 6.07) is 4.98. The van der Waals surface area contributed by atoms with Crippen LogP contribution in [0.25, 0.3) is 10.9 Å². The van der Waals surface area contributed by atoms with Gasteiger partial charge in [-0.3, -0.25) is 14.4 Å². The van der Waals surface area contributed by atoms with Gasteiger partial charge in [-0.25, -0.2) is 4.39 Å². The number of Topliss-reactive ketones (excluding diaryl/α,β-unsaturated/α-hetero) is 1. The zero-order valence-corrected chi connectivity index (χ0v) is 22.9. The van der Waals surface area contributed by atoms with E-state index in [1.54, 1.807) is 11.0 Å². The first kappa shape index (κ1) is 27.2. The molecule has 208 valence electrons. The Morgan fingerprint density at radius 1 is 1.26 bits per heavy atom. The summed E-state index contributed by atoms with van der Waals surface area (Å²) < 4.78 is 19.9. The smallest absolute Gasteiger partial charge is 0.271 e. The molecule has 0 radical (unpaired) electrons. The number of H-pyrrole nitrogens is 1. The summed E-state index contributed by atoms with van der Waals surface area (Å²) in [5, 5.41) is 13.2. The van der Waals surface area contributed by atoms with Crippen molar-refractivity contribution in [3.63, 3.8) is 0 Å². The number of hydrogen-bond donors (Lipinski definition) is 2. The van der Waals surface area contributed by atoms with Crippen LogP contribution in [0.2, 0.25) is 0 Å². The number of hydrogen-bond acceptors (Lipinski definition) is 5. The molecule has 3 aliphatic rings. The lowest BCUT2D eigenvalue weighted by Crippen LogP contribution is -2.49. The quantitative estimate of drug-likeness (QED) is 0.546. The van der Waals surface area contributed by atoms with Gasteiger partial charge >= 0.3 is 0 Å². The van der Waals surface area contributed by atoms with E-state index in [9.17, 15) is 24.0 Å². The second-order valence-electron chi connectivity index (χ2n) is 12.6. The fourth-order valence-corrected chi connectivity index (χ4v) is 7.16. The van der Waals surface area contributed by atoms with Crippen molar-refractivity contribution in [3.05, 3.63) is 29.7 Å². The summed E-state index contributed by atoms with van der Waals surface area (Å²) >= 11 is 0. The van der Waals surface area contributed by atoms with Crippen LogP contribution >= 0.6 is 0 Å². The van der Waals surface area contributed by atoms with Crippen LogP contribution in [0.15, 0.2) is 18.2 Å². The molecule has 2 N–H and O–H groups in total. The number of aromatic nitrogens is 1. The van der Waals surface area contributed by atoms with E-state index in [0.717, 1.165) is 32.1 Å². The van der Waals surface area contributed by atoms with Crippen LogP contribution in [0, 0.1) is 33.9 Å². The Balaban J connectivity index is 1.39. The van der Waals surface area contributed by atoms with E-state index in [1.165, 1.54) is 19.2 Å². The molecular formula is C30H37FN4O4. The molecule has 2 aromatic rings. The van der Waals surface area contributed by atoms with Gasteiger partial charge in [-0.1, -0.05) is 33.1 Å². The first-order valence-corrected chi connectivity index (χ1v) is 13.9. The molecule has 8 nitrogen and oxygen atoms in total. The molecule has 5 rings (SSSR count). The summed E-state index contributed by atoms with van der Waals surface area (Å²) in [4.78, 5) is 44.5. The fourth-order valence-electron chi connectivity index (χ4n) is 7.16. The molecule has 2 aliphatic carbocycles. The van der Waals surface area contributed by atoms with Gasteiger partial charge in [0.25, 0.3) is 5.91 Å². The van der Waals surface area contributed by atoms with Crippen LogP contribution in [-0.2, 0) is 9.59 Å². The van der Waals surface area contributed by atoms with Crippen molar-refractivity contribution >= 4 is 28.5 Å². The van der Waals surface area contributed by atoms with Crippen LogP contribution < -0.4 is 10.1 Å². The zero-order chi connectivity index (χ0) is 27.9. The molecule has 1 aromatic heterocycles. The SMILES string of the molecule is COc1ccc(F)c2[nH]c(C(=O)N3CC4(CCCCC4)CC3C(=O)NC(C#N)CC3CC(C)(C)CC3=O)cc12. The minimum Gasteiger partial charge on any atom is -0.496 e. The summed E-state index contributed by atoms with van der Waals surface area (Å²) in [5.41, 5.74) is 0.113. The van der Waals surface area contributed by atoms with Gasteiger partial charge in [-0.15, -0.1) is 0 Å². The molecule has 3 unspecified atom stereocenters. The molecule has 2 saturated carbocycles. The number of likely N-dealkylation sites (tertiary alicyclic amines) is 1. The van der Waals surface area contributed by atoms with Crippen molar-refractivity contribution in [3.8, 4) is 11.8 Å². The van der Waals surface area contributed by atoms with Gasteiger partial charge in [-0.2, -0.15) is 5.26 Å². The third-order valence-electron chi connectivity index (χ3n) is 9.04. The summed E-state index contributed by atoms with van der Waals surface area (Å²) in [7, 11) is 1.49. The minimum absolute atomic E-state index is 0.102. The van der Waals surface area contributed by atoms with E-state index in [0.29, 0.717) is 36.9 Å². The highest BCUT2D eigenvalue weighted by Crippen LogP contribution is 2.47. The van der Waals surface area contributed by atoms with Gasteiger partial charge < -0.3 is 19.9 Å². The Hall–Kier alpha value is -3.41. The molecule has 1 spiro atoms. The number of ether oxygens (including phenoxy) is 1. The third kappa shape index (κ3) is 5.26. The van der Waals surface area contributed by atoms with E-state index in [2.05, 4.69) is 16.4 Å². The third-order valence-corrected chi connectivity index (χ3v) is 9.04. The van der Waals surface area contributed by atoms with Gasteiger partial charge in [-0.05, 0) is 61.1 Å². The Morgan fingerprint density at radius 3 is 2.64 bits per heavy atom. The van der Waals surface area contributed by atoms with Crippen LogP contribution in [0.3, 0.4) is 0 Å². The summed E-state index contributed by atoms with van der Waals surface area (Å²) in [5.74, 6) is -0.922. The number of halogens is 1. The second kappa shape index (κ2) is 10.3. The van der Waals surface area contributed by atoms with E-state index in [4.69, 9.17) is 4.74 Å². The second-order valence-corrected chi connectivity index (χ2v) is 12.6. The van der Waals surface area contributed by atoms with Crippen LogP contribution in [-0.4, -0.2) is 53.2 Å². The van der Waals surface area contributed by atoms with E-state index in [1.807, 2.05) is 13.8 Å². The minimum atomic E-state index is -0.813. The van der Waals surface area contributed by atoms with Crippen molar-refractivity contribution in [1.29, 1.82) is 5.26 Å². The highest BCUT2D eigenvalue weighted by molar-refractivity contribution is 6.02. The van der Waals surface area contributed by atoms with Crippen molar-refractivity contribution in [2.45, 2.75) is 83.7 Å². The molecule has 3 fully saturated rings. The number of amides is 2. The molecule has 1 aliphatic heterocycles. The molecule has 2 amide bonds. The number of carbonyl (C=O) groups excluding carboxylic acids is 3. The number of nitrogens with zero attached hydrogens (tertiary/aromatic N) is 2. The van der Waals surface area contributed by atoms with Crippen LogP contribution in [0.4, 0.5) is 4.39 Å². The zero-order valence-electron chi connectivity index (χ0n) is 22.9. The Kier molecular flexibility index (Phi) is 7.17. The number of benzene rings is 1. The Labute approximate surface area is 228 Å². The van der Waals surface area contributed by atoms with E-state index < -0.39 is 17.9 Å². The average molecular weight is 537 g/mol. The maximum absolute atomic E-state index is 14.5. The molecule has 3 atom stereocenters. The van der Waals surface area contributed by atoms with Gasteiger partial charge in [0, 0.05) is 24.3 Å². The Morgan fingerprint density at radius 2 is 2.00 bits per heavy atom. The number of carbonyl (C=O) groups is 3. The number of fused-ring (bicyclic) bond motifs is 1. The van der Waals surface area contributed by atoms with Crippen LogP contribution in [0.1, 0.15) is 82.1 Å². The Bertz CT molecular complexity index is 1340. The topological polar surface area (TPSA) is 115 Å². The van der Waals surface area contributed by atoms with Gasteiger partial charge in [0.2, 0.25) is 5.91 Å². The maximum atomic E-state index is 14.5. The number of methoxy groups -OCH3 is 1. The average Bonchev–Trinajstić information content (AvgIpc) is 3.58. The standard InChI is InChI=1S/C30H37FN4O4/c1-29(2)13-18(24(36)15-29)11-19(16-32)33-27(37)23-14-30(9-5-4-6-10-30)17-35(23)28(38)22-12-20-25(39-3)8-7-21(31)26(20)34-22/h7-8,12,18-19,23,34H,4-6,9-11,13-15,17H2,1-3H3,(H,33,37). The van der Waals surface area contributed by atoms with E-state index >= 15 is 0 Å². The molecule has 2 heterocycles. The number of nitrogens with one attached hydrogen (secondary N) is 2. The monoisotopic (exact) mass is 536 g/mol. The lowest BCUT2D eigenvalue weighted by atomic mass is 9.72. The molecule has 0 bridgehead atoms. The molecule has 1 aromatic carbocycles. The lowest BCUT2D eigenvalue weighted by Gasteiger charge is -2.32. The first-order valence-electron chi connectivity index (χ1n) is 13.9. The number of rotatable bonds is 6. The van der Waals surface area contributed by atoms with Crippen molar-refractivity contribution < 1.29 is 23.5 Å².